The number of hydrogen-bond acceptors (Lipinski definition) is 3. The van der Waals surface area contributed by atoms with Crippen LogP contribution < -0.4 is 10.6 Å². The van der Waals surface area contributed by atoms with E-state index in [-0.39, 0.29) is 17.9 Å². The van der Waals surface area contributed by atoms with E-state index in [1.54, 1.807) is 0 Å². The quantitative estimate of drug-likeness (QED) is 0.630. The first kappa shape index (κ1) is 16.4. The van der Waals surface area contributed by atoms with Crippen LogP contribution in [-0.4, -0.2) is 36.8 Å². The summed E-state index contributed by atoms with van der Waals surface area (Å²) in [7, 11) is 0. The van der Waals surface area contributed by atoms with Crippen LogP contribution in [0, 0.1) is 5.41 Å². The largest absolute Gasteiger partial charge is 0.396 e. The van der Waals surface area contributed by atoms with Gasteiger partial charge in [0, 0.05) is 24.6 Å². The van der Waals surface area contributed by atoms with Crippen LogP contribution in [-0.2, 0) is 4.79 Å². The number of carbonyl (C=O) groups excluding carboxylic acids is 1. The van der Waals surface area contributed by atoms with Gasteiger partial charge in [0.05, 0.1) is 6.54 Å². The number of hydrogen-bond donors (Lipinski definition) is 3. The minimum Gasteiger partial charge on any atom is -0.396 e. The molecule has 0 spiro atoms. The fraction of sp³-hybridized carbons (Fsp3) is 0.933. The minimum absolute atomic E-state index is 0.0783. The predicted octanol–water partition coefficient (Wildman–Crippen LogP) is 1.82. The third-order valence-electron chi connectivity index (χ3n) is 4.59. The Labute approximate surface area is 117 Å². The van der Waals surface area contributed by atoms with Crippen molar-refractivity contribution >= 4 is 5.91 Å². The van der Waals surface area contributed by atoms with Crippen molar-refractivity contribution in [2.24, 2.45) is 5.41 Å². The molecular formula is C15H30N2O2. The molecule has 0 aromatic rings. The molecule has 0 aromatic carbocycles. The van der Waals surface area contributed by atoms with E-state index in [0.717, 1.165) is 25.7 Å². The van der Waals surface area contributed by atoms with E-state index >= 15 is 0 Å². The predicted molar refractivity (Wildman–Crippen MR) is 78.0 cm³/mol. The molecule has 112 valence electrons. The number of aliphatic hydroxyl groups excluding tert-OH is 1. The second-order valence-corrected chi connectivity index (χ2v) is 5.87. The molecule has 1 aliphatic rings. The van der Waals surface area contributed by atoms with Gasteiger partial charge in [0.25, 0.3) is 0 Å². The molecule has 19 heavy (non-hydrogen) atoms. The zero-order chi connectivity index (χ0) is 14.1. The van der Waals surface area contributed by atoms with Crippen molar-refractivity contribution in [3.63, 3.8) is 0 Å². The van der Waals surface area contributed by atoms with Crippen LogP contribution in [0.2, 0.25) is 0 Å². The molecule has 1 fully saturated rings. The smallest absolute Gasteiger partial charge is 0.234 e. The second-order valence-electron chi connectivity index (χ2n) is 5.87. The van der Waals surface area contributed by atoms with Crippen LogP contribution in [0.3, 0.4) is 0 Å². The zero-order valence-corrected chi connectivity index (χ0v) is 12.5. The summed E-state index contributed by atoms with van der Waals surface area (Å²) in [6, 6.07) is 0.378. The maximum absolute atomic E-state index is 11.8. The lowest BCUT2D eigenvalue weighted by Crippen LogP contribution is -2.44. The summed E-state index contributed by atoms with van der Waals surface area (Å²) in [4.78, 5) is 11.8. The summed E-state index contributed by atoms with van der Waals surface area (Å²) >= 11 is 0. The highest BCUT2D eigenvalue weighted by molar-refractivity contribution is 5.78. The van der Waals surface area contributed by atoms with Crippen LogP contribution in [0.25, 0.3) is 0 Å². The maximum atomic E-state index is 11.8. The molecule has 1 aliphatic carbocycles. The Morgan fingerprint density at radius 2 is 1.84 bits per heavy atom. The highest BCUT2D eigenvalue weighted by Gasteiger charge is 2.25. The number of carbonyl (C=O) groups is 1. The third kappa shape index (κ3) is 5.49. The Hall–Kier alpha value is -0.610. The van der Waals surface area contributed by atoms with Crippen LogP contribution in [0.4, 0.5) is 0 Å². The molecule has 0 heterocycles. The summed E-state index contributed by atoms with van der Waals surface area (Å²) in [5, 5.41) is 15.8. The Kier molecular flexibility index (Phi) is 7.39. The van der Waals surface area contributed by atoms with Crippen LogP contribution >= 0.6 is 0 Å². The highest BCUT2D eigenvalue weighted by atomic mass is 16.3. The van der Waals surface area contributed by atoms with Gasteiger partial charge < -0.3 is 15.7 Å². The fourth-order valence-corrected chi connectivity index (χ4v) is 2.75. The lowest BCUT2D eigenvalue weighted by molar-refractivity contribution is -0.121. The van der Waals surface area contributed by atoms with E-state index in [4.69, 9.17) is 0 Å². The van der Waals surface area contributed by atoms with Gasteiger partial charge in [-0.05, 0) is 25.7 Å². The first-order valence-electron chi connectivity index (χ1n) is 7.76. The fourth-order valence-electron chi connectivity index (χ4n) is 2.75. The van der Waals surface area contributed by atoms with E-state index in [9.17, 15) is 9.90 Å². The molecule has 0 atom stereocenters. The Balaban J connectivity index is 2.22. The van der Waals surface area contributed by atoms with Crippen LogP contribution in [0.1, 0.15) is 58.8 Å². The Morgan fingerprint density at radius 1 is 1.21 bits per heavy atom. The monoisotopic (exact) mass is 270 g/mol. The van der Waals surface area contributed by atoms with Gasteiger partial charge in [0.1, 0.15) is 0 Å². The van der Waals surface area contributed by atoms with Crippen molar-refractivity contribution in [3.05, 3.63) is 0 Å². The van der Waals surface area contributed by atoms with Crippen molar-refractivity contribution in [2.45, 2.75) is 64.8 Å². The summed E-state index contributed by atoms with van der Waals surface area (Å²) in [5.41, 5.74) is -0.0783. The van der Waals surface area contributed by atoms with Crippen LogP contribution in [0.5, 0.6) is 0 Å². The van der Waals surface area contributed by atoms with Gasteiger partial charge in [-0.15, -0.1) is 0 Å². The van der Waals surface area contributed by atoms with Gasteiger partial charge in [-0.25, -0.2) is 0 Å². The maximum Gasteiger partial charge on any atom is 0.234 e. The lowest BCUT2D eigenvalue weighted by atomic mass is 9.83. The normalized spacial score (nSPS) is 17.4. The van der Waals surface area contributed by atoms with Gasteiger partial charge in [-0.3, -0.25) is 4.79 Å². The van der Waals surface area contributed by atoms with Crippen molar-refractivity contribution in [1.29, 1.82) is 0 Å². The number of rotatable bonds is 8. The molecule has 0 unspecified atom stereocenters. The van der Waals surface area contributed by atoms with Gasteiger partial charge >= 0.3 is 0 Å². The summed E-state index contributed by atoms with van der Waals surface area (Å²) in [6.07, 6.45) is 7.87. The first-order valence-corrected chi connectivity index (χ1v) is 7.76. The van der Waals surface area contributed by atoms with Crippen molar-refractivity contribution in [3.8, 4) is 0 Å². The molecule has 0 bridgehead atoms. The summed E-state index contributed by atoms with van der Waals surface area (Å²) in [5.74, 6) is 0.0888. The molecule has 0 radical (unpaired) electrons. The molecule has 4 heteroatoms. The van der Waals surface area contributed by atoms with Crippen molar-refractivity contribution in [1.82, 2.24) is 10.6 Å². The molecule has 0 aliphatic heterocycles. The van der Waals surface area contributed by atoms with Crippen LogP contribution in [0.15, 0.2) is 0 Å². The Bertz CT molecular complexity index is 251. The van der Waals surface area contributed by atoms with Gasteiger partial charge in [-0.1, -0.05) is 33.1 Å². The minimum atomic E-state index is -0.0783. The lowest BCUT2D eigenvalue weighted by Gasteiger charge is -2.29. The molecule has 0 aromatic heterocycles. The van der Waals surface area contributed by atoms with Crippen molar-refractivity contribution in [2.75, 3.05) is 19.7 Å². The average Bonchev–Trinajstić information content (AvgIpc) is 2.45. The molecule has 1 saturated carbocycles. The topological polar surface area (TPSA) is 61.4 Å². The van der Waals surface area contributed by atoms with Gasteiger partial charge in [-0.2, -0.15) is 0 Å². The molecular weight excluding hydrogens is 240 g/mol. The number of aliphatic hydroxyl groups is 1. The van der Waals surface area contributed by atoms with E-state index in [1.807, 2.05) is 0 Å². The van der Waals surface area contributed by atoms with E-state index < -0.39 is 0 Å². The summed E-state index contributed by atoms with van der Waals surface area (Å²) < 4.78 is 0. The number of amides is 1. The number of nitrogens with one attached hydrogen (secondary N) is 2. The second kappa shape index (κ2) is 8.54. The van der Waals surface area contributed by atoms with Crippen molar-refractivity contribution < 1.29 is 9.90 Å². The molecule has 4 nitrogen and oxygen atoms in total. The molecule has 1 rings (SSSR count). The zero-order valence-electron chi connectivity index (χ0n) is 12.5. The third-order valence-corrected chi connectivity index (χ3v) is 4.59. The summed E-state index contributed by atoms with van der Waals surface area (Å²) in [6.45, 7) is 5.41. The standard InChI is InChI=1S/C15H30N2O2/c1-3-15(4-2,12-18)11-16-10-14(19)17-13-8-6-5-7-9-13/h13,16,18H,3-12H2,1-2H3,(H,17,19). The highest BCUT2D eigenvalue weighted by Crippen LogP contribution is 2.24. The van der Waals surface area contributed by atoms with Gasteiger partial charge in [0.15, 0.2) is 0 Å². The Morgan fingerprint density at radius 3 is 2.37 bits per heavy atom. The SMILES string of the molecule is CCC(CC)(CO)CNCC(=O)NC1CCCCC1. The molecule has 0 saturated heterocycles. The van der Waals surface area contributed by atoms with E-state index in [2.05, 4.69) is 24.5 Å². The molecule has 3 N–H and O–H groups in total. The van der Waals surface area contributed by atoms with Gasteiger partial charge in [0.2, 0.25) is 5.91 Å². The van der Waals surface area contributed by atoms with E-state index in [1.165, 1.54) is 19.3 Å². The first-order chi connectivity index (χ1) is 9.15. The average molecular weight is 270 g/mol. The molecule has 1 amide bonds. The van der Waals surface area contributed by atoms with E-state index in [0.29, 0.717) is 19.1 Å².